The maximum absolute atomic E-state index is 11.9. The number of anilines is 1. The van der Waals surface area contributed by atoms with Gasteiger partial charge in [0.05, 0.1) is 6.61 Å². The molecule has 1 saturated heterocycles. The number of amides is 2. The molecule has 0 radical (unpaired) electrons. The molecule has 0 aromatic heterocycles. The first kappa shape index (κ1) is 18.5. The second kappa shape index (κ2) is 8.89. The van der Waals surface area contributed by atoms with E-state index in [0.29, 0.717) is 6.42 Å². The number of thioether (sulfide) groups is 1. The molecule has 0 aliphatic carbocycles. The van der Waals surface area contributed by atoms with Crippen molar-refractivity contribution in [3.63, 3.8) is 0 Å². The number of rotatable bonds is 7. The van der Waals surface area contributed by atoms with Crippen LogP contribution in [0.5, 0.6) is 0 Å². The van der Waals surface area contributed by atoms with Gasteiger partial charge in [0, 0.05) is 36.0 Å². The molecule has 0 bridgehead atoms. The molecule has 1 aromatic carbocycles. The van der Waals surface area contributed by atoms with E-state index in [9.17, 15) is 14.7 Å². The largest absolute Gasteiger partial charge is 0.395 e. The number of aliphatic hydroxyl groups excluding tert-OH is 1. The van der Waals surface area contributed by atoms with Gasteiger partial charge in [-0.25, -0.2) is 0 Å². The second-order valence-electron chi connectivity index (χ2n) is 5.83. The molecule has 1 heterocycles. The van der Waals surface area contributed by atoms with E-state index < -0.39 is 0 Å². The average molecular weight is 348 g/mol. The third-order valence-corrected chi connectivity index (χ3v) is 5.28. The third-order valence-electron chi connectivity index (χ3n) is 4.12. The number of hydrogen-bond acceptors (Lipinski definition) is 4. The molecule has 2 N–H and O–H groups in total. The number of carbonyl (C=O) groups is 2. The van der Waals surface area contributed by atoms with Gasteiger partial charge < -0.3 is 15.3 Å². The monoisotopic (exact) mass is 348 g/mol. The molecule has 24 heavy (non-hydrogen) atoms. The molecule has 2 amide bonds. The van der Waals surface area contributed by atoms with Crippen LogP contribution in [0.25, 0.3) is 6.08 Å². The van der Waals surface area contributed by atoms with E-state index in [0.717, 1.165) is 24.2 Å². The summed E-state index contributed by atoms with van der Waals surface area (Å²) in [5.41, 5.74) is 1.80. The summed E-state index contributed by atoms with van der Waals surface area (Å²) in [6.45, 7) is 2.68. The molecule has 0 saturated carbocycles. The minimum atomic E-state index is -0.186. The van der Waals surface area contributed by atoms with Crippen LogP contribution in [0.15, 0.2) is 30.3 Å². The molecular weight excluding hydrogens is 324 g/mol. The van der Waals surface area contributed by atoms with Crippen LogP contribution in [0, 0.1) is 0 Å². The summed E-state index contributed by atoms with van der Waals surface area (Å²) in [7, 11) is 0. The van der Waals surface area contributed by atoms with Crippen LogP contribution in [0.1, 0.15) is 25.3 Å². The normalized spacial score (nSPS) is 17.3. The fourth-order valence-electron chi connectivity index (χ4n) is 2.66. The standard InChI is InChI=1S/C18H24N2O3S/c1-13(16(12-21)24-2)19-17(22)10-7-14-5-8-15(9-6-14)20-11-3-4-18(20)23/h5-10,13,16,21H,3-4,11-12H2,1-2H3,(H,19,22). The summed E-state index contributed by atoms with van der Waals surface area (Å²) >= 11 is 1.53. The van der Waals surface area contributed by atoms with Crippen molar-refractivity contribution in [2.24, 2.45) is 0 Å². The molecule has 5 nitrogen and oxygen atoms in total. The fourth-order valence-corrected chi connectivity index (χ4v) is 3.29. The zero-order chi connectivity index (χ0) is 17.5. The summed E-state index contributed by atoms with van der Waals surface area (Å²) in [6, 6.07) is 7.49. The highest BCUT2D eigenvalue weighted by Gasteiger charge is 2.21. The minimum Gasteiger partial charge on any atom is -0.395 e. The van der Waals surface area contributed by atoms with Crippen LogP contribution >= 0.6 is 11.8 Å². The molecule has 6 heteroatoms. The Morgan fingerprint density at radius 1 is 1.42 bits per heavy atom. The topological polar surface area (TPSA) is 69.6 Å². The van der Waals surface area contributed by atoms with Gasteiger partial charge in [-0.15, -0.1) is 0 Å². The Kier molecular flexibility index (Phi) is 6.87. The van der Waals surface area contributed by atoms with Gasteiger partial charge in [0.1, 0.15) is 0 Å². The van der Waals surface area contributed by atoms with Gasteiger partial charge in [0.15, 0.2) is 0 Å². The van der Waals surface area contributed by atoms with E-state index in [1.165, 1.54) is 17.8 Å². The van der Waals surface area contributed by atoms with Crippen molar-refractivity contribution in [2.75, 3.05) is 24.3 Å². The van der Waals surface area contributed by atoms with Crippen LogP contribution in [-0.4, -0.2) is 47.6 Å². The zero-order valence-electron chi connectivity index (χ0n) is 14.1. The van der Waals surface area contributed by atoms with Crippen molar-refractivity contribution in [2.45, 2.75) is 31.1 Å². The quantitative estimate of drug-likeness (QED) is 0.740. The first-order chi connectivity index (χ1) is 11.5. The van der Waals surface area contributed by atoms with E-state index >= 15 is 0 Å². The molecule has 1 aromatic rings. The average Bonchev–Trinajstić information content (AvgIpc) is 3.00. The Morgan fingerprint density at radius 2 is 2.12 bits per heavy atom. The summed E-state index contributed by atoms with van der Waals surface area (Å²) in [5.74, 6) is -0.0207. The zero-order valence-corrected chi connectivity index (χ0v) is 14.9. The Bertz CT molecular complexity index is 597. The highest BCUT2D eigenvalue weighted by molar-refractivity contribution is 7.99. The predicted molar refractivity (Wildman–Crippen MR) is 99.1 cm³/mol. The SMILES string of the molecule is CSC(CO)C(C)NC(=O)C=Cc1ccc(N2CCCC2=O)cc1. The van der Waals surface area contributed by atoms with E-state index in [-0.39, 0.29) is 29.7 Å². The maximum Gasteiger partial charge on any atom is 0.244 e. The summed E-state index contributed by atoms with van der Waals surface area (Å²) < 4.78 is 0. The molecule has 1 aliphatic rings. The minimum absolute atomic E-state index is 0.0142. The van der Waals surface area contributed by atoms with Crippen LogP contribution < -0.4 is 10.2 Å². The van der Waals surface area contributed by atoms with Gasteiger partial charge in [-0.3, -0.25) is 9.59 Å². The Balaban J connectivity index is 1.91. The number of aliphatic hydroxyl groups is 1. The first-order valence-electron chi connectivity index (χ1n) is 8.08. The van der Waals surface area contributed by atoms with Crippen molar-refractivity contribution in [3.8, 4) is 0 Å². The lowest BCUT2D eigenvalue weighted by molar-refractivity contribution is -0.117. The van der Waals surface area contributed by atoms with Gasteiger partial charge in [-0.2, -0.15) is 11.8 Å². The fraction of sp³-hybridized carbons (Fsp3) is 0.444. The van der Waals surface area contributed by atoms with Crippen molar-refractivity contribution < 1.29 is 14.7 Å². The summed E-state index contributed by atoms with van der Waals surface area (Å²) in [5, 5.41) is 12.1. The number of hydrogen-bond donors (Lipinski definition) is 2. The maximum atomic E-state index is 11.9. The van der Waals surface area contributed by atoms with Crippen molar-refractivity contribution in [1.29, 1.82) is 0 Å². The van der Waals surface area contributed by atoms with Crippen LogP contribution in [0.3, 0.4) is 0 Å². The van der Waals surface area contributed by atoms with E-state index in [2.05, 4.69) is 5.32 Å². The van der Waals surface area contributed by atoms with Crippen molar-refractivity contribution in [1.82, 2.24) is 5.32 Å². The second-order valence-corrected chi connectivity index (χ2v) is 6.90. The number of benzene rings is 1. The first-order valence-corrected chi connectivity index (χ1v) is 9.36. The summed E-state index contributed by atoms with van der Waals surface area (Å²) in [4.78, 5) is 25.5. The van der Waals surface area contributed by atoms with Crippen LogP contribution in [0.4, 0.5) is 5.69 Å². The van der Waals surface area contributed by atoms with Gasteiger partial charge in [-0.05, 0) is 43.4 Å². The van der Waals surface area contributed by atoms with Gasteiger partial charge >= 0.3 is 0 Å². The van der Waals surface area contributed by atoms with Crippen LogP contribution in [0.2, 0.25) is 0 Å². The summed E-state index contributed by atoms with van der Waals surface area (Å²) in [6.07, 6.45) is 6.66. The molecule has 2 rings (SSSR count). The Labute approximate surface area is 147 Å². The number of nitrogens with one attached hydrogen (secondary N) is 1. The van der Waals surface area contributed by atoms with Gasteiger partial charge in [0.25, 0.3) is 0 Å². The van der Waals surface area contributed by atoms with Crippen molar-refractivity contribution in [3.05, 3.63) is 35.9 Å². The third kappa shape index (κ3) is 4.85. The predicted octanol–water partition coefficient (Wildman–Crippen LogP) is 2.06. The molecule has 130 valence electrons. The lowest BCUT2D eigenvalue weighted by Crippen LogP contribution is -2.40. The molecule has 1 fully saturated rings. The molecule has 0 spiro atoms. The molecular formula is C18H24N2O3S. The van der Waals surface area contributed by atoms with Gasteiger partial charge in [0.2, 0.25) is 11.8 Å². The van der Waals surface area contributed by atoms with E-state index in [4.69, 9.17) is 0 Å². The number of nitrogens with zero attached hydrogens (tertiary/aromatic N) is 1. The van der Waals surface area contributed by atoms with Crippen LogP contribution in [-0.2, 0) is 9.59 Å². The molecule has 1 aliphatic heterocycles. The Hall–Kier alpha value is -1.79. The smallest absolute Gasteiger partial charge is 0.244 e. The lowest BCUT2D eigenvalue weighted by Gasteiger charge is -2.20. The highest BCUT2D eigenvalue weighted by atomic mass is 32.2. The van der Waals surface area contributed by atoms with Gasteiger partial charge in [-0.1, -0.05) is 12.1 Å². The number of carbonyl (C=O) groups excluding carboxylic acids is 2. The van der Waals surface area contributed by atoms with E-state index in [1.54, 1.807) is 11.0 Å². The molecule has 2 unspecified atom stereocenters. The highest BCUT2D eigenvalue weighted by Crippen LogP contribution is 2.21. The van der Waals surface area contributed by atoms with Crippen molar-refractivity contribution >= 4 is 35.3 Å². The van der Waals surface area contributed by atoms with E-state index in [1.807, 2.05) is 37.4 Å². The Morgan fingerprint density at radius 3 is 2.67 bits per heavy atom. The molecule has 2 atom stereocenters. The lowest BCUT2D eigenvalue weighted by atomic mass is 10.1.